The van der Waals surface area contributed by atoms with Gasteiger partial charge >= 0.3 is 0 Å². The molecule has 0 fully saturated rings. The quantitative estimate of drug-likeness (QED) is 0.530. The average Bonchev–Trinajstić information content (AvgIpc) is 1.82. The zero-order valence-electron chi connectivity index (χ0n) is 5.16. The third-order valence-electron chi connectivity index (χ3n) is 1.05. The van der Waals surface area contributed by atoms with Gasteiger partial charge in [0.15, 0.2) is 0 Å². The van der Waals surface area contributed by atoms with Crippen LogP contribution < -0.4 is 0 Å². The Labute approximate surface area is 80.3 Å². The highest BCUT2D eigenvalue weighted by Crippen LogP contribution is 2.21. The van der Waals surface area contributed by atoms with Gasteiger partial charge in [-0.1, -0.05) is 0 Å². The summed E-state index contributed by atoms with van der Waals surface area (Å²) in [6, 6.07) is 1.39. The van der Waals surface area contributed by atoms with Crippen LogP contribution in [0.1, 0.15) is 5.69 Å². The molecule has 0 atom stereocenters. The molecule has 0 saturated heterocycles. The summed E-state index contributed by atoms with van der Waals surface area (Å²) in [6.07, 6.45) is 0. The van der Waals surface area contributed by atoms with Crippen LogP contribution in [0.4, 0.5) is 4.39 Å². The Morgan fingerprint density at radius 1 is 1.70 bits per heavy atom. The number of nitrogens with zero attached hydrogens (tertiary/aromatic N) is 1. The third-order valence-corrected chi connectivity index (χ3v) is 3.64. The molecule has 0 aromatic carbocycles. The Morgan fingerprint density at radius 3 is 2.80 bits per heavy atom. The van der Waals surface area contributed by atoms with Crippen LogP contribution >= 0.6 is 38.5 Å². The molecule has 0 spiro atoms. The van der Waals surface area contributed by atoms with Gasteiger partial charge in [-0.25, -0.2) is 4.98 Å². The summed E-state index contributed by atoms with van der Waals surface area (Å²) in [5.41, 5.74) is 0.685. The number of aryl methyl sites for hydroxylation is 1. The summed E-state index contributed by atoms with van der Waals surface area (Å²) in [6.45, 7) is 1.76. The van der Waals surface area contributed by atoms with Crippen LogP contribution in [0, 0.1) is 16.4 Å². The maximum Gasteiger partial charge on any atom is 0.214 e. The predicted octanol–water partition coefficient (Wildman–Crippen LogP) is 2.90. The van der Waals surface area contributed by atoms with Gasteiger partial charge in [0.2, 0.25) is 5.95 Å². The van der Waals surface area contributed by atoms with Gasteiger partial charge in [-0.15, -0.1) is 0 Å². The van der Waals surface area contributed by atoms with Crippen molar-refractivity contribution in [3.05, 3.63) is 25.8 Å². The van der Waals surface area contributed by atoms with E-state index in [1.165, 1.54) is 6.07 Å². The van der Waals surface area contributed by atoms with E-state index in [-0.39, 0.29) is 0 Å². The number of pyridine rings is 1. The number of aromatic nitrogens is 1. The predicted molar refractivity (Wildman–Crippen MR) is 49.3 cm³/mol. The van der Waals surface area contributed by atoms with Crippen molar-refractivity contribution in [2.45, 2.75) is 6.92 Å². The van der Waals surface area contributed by atoms with E-state index in [1.54, 1.807) is 6.92 Å². The van der Waals surface area contributed by atoms with Crippen molar-refractivity contribution in [2.75, 3.05) is 0 Å². The van der Waals surface area contributed by atoms with Gasteiger partial charge in [0.1, 0.15) is 0 Å². The van der Waals surface area contributed by atoms with Gasteiger partial charge in [-0.05, 0) is 45.4 Å². The maximum atomic E-state index is 12.5. The first kappa shape index (κ1) is 8.39. The van der Waals surface area contributed by atoms with E-state index in [0.717, 1.165) is 8.04 Å². The molecule has 0 amide bonds. The SMILES string of the molecule is Cc1nc(F)cc(I)c1Br. The van der Waals surface area contributed by atoms with E-state index in [9.17, 15) is 4.39 Å². The third kappa shape index (κ3) is 1.66. The molecule has 54 valence electrons. The average molecular weight is 316 g/mol. The fourth-order valence-corrected chi connectivity index (χ4v) is 1.43. The van der Waals surface area contributed by atoms with Crippen LogP contribution in [-0.4, -0.2) is 4.98 Å². The minimum absolute atomic E-state index is 0.426. The second kappa shape index (κ2) is 3.13. The lowest BCUT2D eigenvalue weighted by molar-refractivity contribution is 0.578. The number of halogens is 3. The fraction of sp³-hybridized carbons (Fsp3) is 0.167. The summed E-state index contributed by atoms with van der Waals surface area (Å²) >= 11 is 5.33. The zero-order chi connectivity index (χ0) is 7.72. The molecule has 0 aliphatic carbocycles. The molecule has 0 saturated carbocycles. The molecule has 0 N–H and O–H groups in total. The van der Waals surface area contributed by atoms with Crippen molar-refractivity contribution >= 4 is 38.5 Å². The van der Waals surface area contributed by atoms with E-state index < -0.39 is 5.95 Å². The molecule has 1 aromatic heterocycles. The van der Waals surface area contributed by atoms with Crippen LogP contribution in [0.3, 0.4) is 0 Å². The van der Waals surface area contributed by atoms with Crippen molar-refractivity contribution < 1.29 is 4.39 Å². The van der Waals surface area contributed by atoms with Crippen molar-refractivity contribution in [2.24, 2.45) is 0 Å². The molecule has 1 heterocycles. The normalized spacial score (nSPS) is 10.0. The molecule has 10 heavy (non-hydrogen) atoms. The topological polar surface area (TPSA) is 12.9 Å². The standard InChI is InChI=1S/C6H4BrFIN/c1-3-6(7)4(9)2-5(8)10-3/h2H,1H3. The molecule has 0 bridgehead atoms. The Bertz CT molecular complexity index is 241. The molecule has 0 aliphatic heterocycles. The van der Waals surface area contributed by atoms with E-state index >= 15 is 0 Å². The molecular weight excluding hydrogens is 312 g/mol. The molecular formula is C6H4BrFIN. The van der Waals surface area contributed by atoms with Crippen LogP contribution in [0.5, 0.6) is 0 Å². The summed E-state index contributed by atoms with van der Waals surface area (Å²) < 4.78 is 14.2. The van der Waals surface area contributed by atoms with Crippen LogP contribution in [0.2, 0.25) is 0 Å². The Hall–Kier alpha value is 0.290. The molecule has 4 heteroatoms. The molecule has 1 nitrogen and oxygen atoms in total. The minimum Gasteiger partial charge on any atom is -0.224 e. The highest BCUT2D eigenvalue weighted by Gasteiger charge is 2.02. The lowest BCUT2D eigenvalue weighted by atomic mass is 10.4. The zero-order valence-corrected chi connectivity index (χ0v) is 8.90. The minimum atomic E-state index is -0.426. The van der Waals surface area contributed by atoms with Crippen molar-refractivity contribution in [3.63, 3.8) is 0 Å². The van der Waals surface area contributed by atoms with E-state index in [1.807, 2.05) is 22.6 Å². The van der Waals surface area contributed by atoms with Crippen LogP contribution in [0.15, 0.2) is 10.5 Å². The first-order valence-electron chi connectivity index (χ1n) is 2.59. The fourth-order valence-electron chi connectivity index (χ4n) is 0.582. The van der Waals surface area contributed by atoms with Crippen LogP contribution in [-0.2, 0) is 0 Å². The number of hydrogen-bond acceptors (Lipinski definition) is 1. The largest absolute Gasteiger partial charge is 0.224 e. The van der Waals surface area contributed by atoms with Gasteiger partial charge in [0.05, 0.1) is 10.2 Å². The Morgan fingerprint density at radius 2 is 2.30 bits per heavy atom. The second-order valence-corrected chi connectivity index (χ2v) is 3.78. The molecule has 0 radical (unpaired) electrons. The van der Waals surface area contributed by atoms with Crippen molar-refractivity contribution in [1.82, 2.24) is 4.98 Å². The van der Waals surface area contributed by atoms with Gasteiger partial charge in [-0.2, -0.15) is 4.39 Å². The van der Waals surface area contributed by atoms with Crippen molar-refractivity contribution in [3.8, 4) is 0 Å². The molecule has 1 aromatic rings. The first-order valence-corrected chi connectivity index (χ1v) is 4.46. The highest BCUT2D eigenvalue weighted by atomic mass is 127. The van der Waals surface area contributed by atoms with Crippen LogP contribution in [0.25, 0.3) is 0 Å². The van der Waals surface area contributed by atoms with Gasteiger partial charge in [0, 0.05) is 9.64 Å². The van der Waals surface area contributed by atoms with E-state index in [0.29, 0.717) is 5.69 Å². The maximum absolute atomic E-state index is 12.5. The monoisotopic (exact) mass is 315 g/mol. The summed E-state index contributed by atoms with van der Waals surface area (Å²) in [4.78, 5) is 3.62. The lowest BCUT2D eigenvalue weighted by Gasteiger charge is -1.98. The smallest absolute Gasteiger partial charge is 0.214 e. The molecule has 0 aliphatic rings. The second-order valence-electron chi connectivity index (χ2n) is 1.83. The summed E-state index contributed by atoms with van der Waals surface area (Å²) in [5, 5.41) is 0. The number of rotatable bonds is 0. The summed E-state index contributed by atoms with van der Waals surface area (Å²) in [5.74, 6) is -0.426. The first-order chi connectivity index (χ1) is 4.61. The highest BCUT2D eigenvalue weighted by molar-refractivity contribution is 14.1. The Balaban J connectivity index is 3.31. The van der Waals surface area contributed by atoms with Gasteiger partial charge in [0.25, 0.3) is 0 Å². The van der Waals surface area contributed by atoms with E-state index in [2.05, 4.69) is 20.9 Å². The summed E-state index contributed by atoms with van der Waals surface area (Å²) in [7, 11) is 0. The lowest BCUT2D eigenvalue weighted by Crippen LogP contribution is -1.90. The Kier molecular flexibility index (Phi) is 2.62. The van der Waals surface area contributed by atoms with Crippen molar-refractivity contribution in [1.29, 1.82) is 0 Å². The van der Waals surface area contributed by atoms with E-state index in [4.69, 9.17) is 0 Å². The van der Waals surface area contributed by atoms with Gasteiger partial charge in [-0.3, -0.25) is 0 Å². The molecule has 1 rings (SSSR count). The number of hydrogen-bond donors (Lipinski definition) is 0. The van der Waals surface area contributed by atoms with Gasteiger partial charge < -0.3 is 0 Å². The molecule has 0 unspecified atom stereocenters.